The van der Waals surface area contributed by atoms with Crippen molar-refractivity contribution in [2.24, 2.45) is 5.73 Å². The fourth-order valence-corrected chi connectivity index (χ4v) is 2.35. The van der Waals surface area contributed by atoms with Gasteiger partial charge in [-0.05, 0) is 30.7 Å². The normalized spacial score (nSPS) is 12.2. The second kappa shape index (κ2) is 6.13. The van der Waals surface area contributed by atoms with Gasteiger partial charge >= 0.3 is 0 Å². The van der Waals surface area contributed by atoms with E-state index in [0.717, 1.165) is 16.9 Å². The van der Waals surface area contributed by atoms with Gasteiger partial charge in [0.1, 0.15) is 11.6 Å². The third-order valence-corrected chi connectivity index (χ3v) is 3.66. The van der Waals surface area contributed by atoms with E-state index in [-0.39, 0.29) is 0 Å². The van der Waals surface area contributed by atoms with Gasteiger partial charge in [-0.2, -0.15) is 5.10 Å². The van der Waals surface area contributed by atoms with Crippen molar-refractivity contribution in [3.63, 3.8) is 0 Å². The molecule has 1 atom stereocenters. The first-order chi connectivity index (χ1) is 11.1. The minimum absolute atomic E-state index is 0.455. The maximum absolute atomic E-state index is 6.28. The highest BCUT2D eigenvalue weighted by Gasteiger charge is 2.18. The number of rotatable bonds is 5. The van der Waals surface area contributed by atoms with E-state index in [1.807, 2.05) is 31.2 Å². The predicted molar refractivity (Wildman–Crippen MR) is 84.4 cm³/mol. The fraction of sp³-hybridized carbons (Fsp3) is 0.250. The number of nitrogens with one attached hydrogen (secondary N) is 1. The van der Waals surface area contributed by atoms with Crippen LogP contribution in [-0.4, -0.2) is 29.4 Å². The number of nitrogens with two attached hydrogens (primary N) is 1. The smallest absolute Gasteiger partial charge is 0.184 e. The lowest BCUT2D eigenvalue weighted by Gasteiger charge is -2.12. The predicted octanol–water partition coefficient (Wildman–Crippen LogP) is 2.44. The van der Waals surface area contributed by atoms with Gasteiger partial charge in [0, 0.05) is 0 Å². The number of nitrogens with zero attached hydrogens (tertiary/aromatic N) is 2. The summed E-state index contributed by atoms with van der Waals surface area (Å²) in [7, 11) is 3.18. The van der Waals surface area contributed by atoms with Crippen LogP contribution in [0, 0.1) is 6.92 Å². The number of benzene rings is 1. The number of methoxy groups -OCH3 is 2. The number of hydrogen-bond donors (Lipinski definition) is 2. The topological polar surface area (TPSA) is 99.2 Å². The van der Waals surface area contributed by atoms with Crippen LogP contribution in [0.2, 0.25) is 0 Å². The van der Waals surface area contributed by atoms with Crippen molar-refractivity contribution >= 4 is 0 Å². The van der Waals surface area contributed by atoms with Crippen LogP contribution in [0.25, 0.3) is 11.4 Å². The van der Waals surface area contributed by atoms with Gasteiger partial charge in [-0.25, -0.2) is 4.98 Å². The number of hydrogen-bond acceptors (Lipinski definition) is 6. The van der Waals surface area contributed by atoms with E-state index < -0.39 is 6.04 Å². The summed E-state index contributed by atoms with van der Waals surface area (Å²) in [6.45, 7) is 1.86. The number of furan rings is 1. The fourth-order valence-electron chi connectivity index (χ4n) is 2.35. The van der Waals surface area contributed by atoms with E-state index in [0.29, 0.717) is 23.1 Å². The summed E-state index contributed by atoms with van der Waals surface area (Å²) in [5.41, 5.74) is 7.96. The van der Waals surface area contributed by atoms with Crippen LogP contribution in [0.1, 0.15) is 23.2 Å². The standard InChI is InChI=1S/C16H18N4O3/c1-9-11(6-7-23-9)15-18-16(20-19-15)14(17)10-4-5-12(21-2)13(8-10)22-3/h4-8,14H,17H2,1-3H3,(H,18,19,20). The molecule has 120 valence electrons. The lowest BCUT2D eigenvalue weighted by molar-refractivity contribution is 0.354. The molecule has 7 heteroatoms. The lowest BCUT2D eigenvalue weighted by Crippen LogP contribution is -2.14. The molecule has 0 radical (unpaired) electrons. The first-order valence-corrected chi connectivity index (χ1v) is 7.08. The van der Waals surface area contributed by atoms with Crippen LogP contribution in [-0.2, 0) is 0 Å². The van der Waals surface area contributed by atoms with E-state index in [1.54, 1.807) is 20.5 Å². The Kier molecular flexibility index (Phi) is 4.03. The van der Waals surface area contributed by atoms with E-state index in [9.17, 15) is 0 Å². The van der Waals surface area contributed by atoms with Crippen molar-refractivity contribution in [2.75, 3.05) is 14.2 Å². The maximum atomic E-state index is 6.28. The molecule has 2 aromatic heterocycles. The Bertz CT molecular complexity index is 809. The van der Waals surface area contributed by atoms with Crippen molar-refractivity contribution in [3.05, 3.63) is 47.7 Å². The monoisotopic (exact) mass is 314 g/mol. The quantitative estimate of drug-likeness (QED) is 0.750. The van der Waals surface area contributed by atoms with E-state index in [4.69, 9.17) is 19.6 Å². The molecular formula is C16H18N4O3. The van der Waals surface area contributed by atoms with E-state index >= 15 is 0 Å². The van der Waals surface area contributed by atoms with Gasteiger partial charge in [-0.15, -0.1) is 0 Å². The average Bonchev–Trinajstić information content (AvgIpc) is 3.22. The zero-order valence-corrected chi connectivity index (χ0v) is 13.2. The summed E-state index contributed by atoms with van der Waals surface area (Å²) in [6.07, 6.45) is 1.61. The summed E-state index contributed by atoms with van der Waals surface area (Å²) in [6, 6.07) is 6.88. The van der Waals surface area contributed by atoms with Crippen molar-refractivity contribution in [1.82, 2.24) is 15.2 Å². The molecule has 1 unspecified atom stereocenters. The minimum Gasteiger partial charge on any atom is -0.493 e. The molecule has 0 spiro atoms. The lowest BCUT2D eigenvalue weighted by atomic mass is 10.1. The molecule has 0 aliphatic carbocycles. The average molecular weight is 314 g/mol. The molecule has 0 bridgehead atoms. The van der Waals surface area contributed by atoms with Gasteiger partial charge in [0.2, 0.25) is 0 Å². The second-order valence-electron chi connectivity index (χ2n) is 5.03. The largest absolute Gasteiger partial charge is 0.493 e. The first-order valence-electron chi connectivity index (χ1n) is 7.08. The van der Waals surface area contributed by atoms with Crippen LogP contribution >= 0.6 is 0 Å². The van der Waals surface area contributed by atoms with E-state index in [1.165, 1.54) is 0 Å². The second-order valence-corrected chi connectivity index (χ2v) is 5.03. The highest BCUT2D eigenvalue weighted by atomic mass is 16.5. The summed E-state index contributed by atoms with van der Waals surface area (Å²) < 4.78 is 15.8. The summed E-state index contributed by atoms with van der Waals surface area (Å²) in [5.74, 6) is 3.15. The van der Waals surface area contributed by atoms with Crippen LogP contribution in [0.5, 0.6) is 11.5 Å². The number of aryl methyl sites for hydroxylation is 1. The third kappa shape index (κ3) is 2.78. The molecule has 0 saturated heterocycles. The van der Waals surface area contributed by atoms with Gasteiger partial charge in [0.25, 0.3) is 0 Å². The molecule has 7 nitrogen and oxygen atoms in total. The molecular weight excluding hydrogens is 296 g/mol. The van der Waals surface area contributed by atoms with Crippen LogP contribution in [0.3, 0.4) is 0 Å². The van der Waals surface area contributed by atoms with Crippen molar-refractivity contribution in [2.45, 2.75) is 13.0 Å². The molecule has 0 aliphatic rings. The van der Waals surface area contributed by atoms with Gasteiger partial charge in [0.05, 0.1) is 32.1 Å². The molecule has 3 rings (SSSR count). The van der Waals surface area contributed by atoms with Crippen molar-refractivity contribution < 1.29 is 13.9 Å². The van der Waals surface area contributed by atoms with Crippen LogP contribution < -0.4 is 15.2 Å². The number of ether oxygens (including phenoxy) is 2. The summed E-state index contributed by atoms with van der Waals surface area (Å²) in [5, 5.41) is 7.10. The number of aromatic nitrogens is 3. The Morgan fingerprint density at radius 1 is 1.17 bits per heavy atom. The maximum Gasteiger partial charge on any atom is 0.184 e. The number of H-pyrrole nitrogens is 1. The zero-order chi connectivity index (χ0) is 16.4. The Hall–Kier alpha value is -2.80. The molecule has 0 fully saturated rings. The Labute approximate surface area is 133 Å². The van der Waals surface area contributed by atoms with Crippen LogP contribution in [0.4, 0.5) is 0 Å². The minimum atomic E-state index is -0.455. The van der Waals surface area contributed by atoms with Gasteiger partial charge in [-0.3, -0.25) is 5.10 Å². The highest BCUT2D eigenvalue weighted by Crippen LogP contribution is 2.31. The molecule has 1 aromatic carbocycles. The van der Waals surface area contributed by atoms with Crippen molar-refractivity contribution in [3.8, 4) is 22.9 Å². The summed E-state index contributed by atoms with van der Waals surface area (Å²) >= 11 is 0. The summed E-state index contributed by atoms with van der Waals surface area (Å²) in [4.78, 5) is 4.46. The zero-order valence-electron chi connectivity index (χ0n) is 13.2. The Morgan fingerprint density at radius 3 is 2.61 bits per heavy atom. The Balaban J connectivity index is 1.90. The van der Waals surface area contributed by atoms with E-state index in [2.05, 4.69) is 15.2 Å². The highest BCUT2D eigenvalue weighted by molar-refractivity contribution is 5.56. The van der Waals surface area contributed by atoms with Gasteiger partial charge in [0.15, 0.2) is 17.3 Å². The molecule has 3 aromatic rings. The molecule has 0 amide bonds. The first kappa shape index (κ1) is 15.1. The third-order valence-electron chi connectivity index (χ3n) is 3.66. The molecule has 0 aliphatic heterocycles. The molecule has 3 N–H and O–H groups in total. The van der Waals surface area contributed by atoms with Crippen molar-refractivity contribution in [1.29, 1.82) is 0 Å². The molecule has 23 heavy (non-hydrogen) atoms. The van der Waals surface area contributed by atoms with Gasteiger partial charge in [-0.1, -0.05) is 6.07 Å². The molecule has 2 heterocycles. The Morgan fingerprint density at radius 2 is 1.96 bits per heavy atom. The molecule has 0 saturated carbocycles. The number of aromatic amines is 1. The SMILES string of the molecule is COc1ccc(C(N)c2nc(-c3ccoc3C)n[nH]2)cc1OC. The van der Waals surface area contributed by atoms with Gasteiger partial charge < -0.3 is 19.6 Å². The van der Waals surface area contributed by atoms with Crippen LogP contribution in [0.15, 0.2) is 34.9 Å².